The maximum atomic E-state index is 11.5. The first-order valence-corrected chi connectivity index (χ1v) is 6.91. The van der Waals surface area contributed by atoms with Gasteiger partial charge in [-0.15, -0.1) is 0 Å². The summed E-state index contributed by atoms with van der Waals surface area (Å²) in [5.74, 6) is -0.507. The molecule has 4 nitrogen and oxygen atoms in total. The Hall–Kier alpha value is -2.01. The first-order chi connectivity index (χ1) is 9.38. The highest BCUT2D eigenvalue weighted by Crippen LogP contribution is 2.30. The molecule has 0 aliphatic carbocycles. The Kier molecular flexibility index (Phi) is 3.99. The van der Waals surface area contributed by atoms with Crippen LogP contribution in [0.1, 0.15) is 21.5 Å². The number of hydrogen-bond donors (Lipinski definition) is 3. The quantitative estimate of drug-likeness (QED) is 0.752. The summed E-state index contributed by atoms with van der Waals surface area (Å²) in [5.41, 5.74) is 15.7. The van der Waals surface area contributed by atoms with Crippen LogP contribution in [0, 0.1) is 13.8 Å². The van der Waals surface area contributed by atoms with Crippen molar-refractivity contribution in [3.63, 3.8) is 0 Å². The molecule has 0 aliphatic heterocycles. The Labute approximate surface area is 126 Å². The van der Waals surface area contributed by atoms with Crippen LogP contribution in [0.5, 0.6) is 0 Å². The van der Waals surface area contributed by atoms with E-state index in [1.54, 1.807) is 18.2 Å². The van der Waals surface area contributed by atoms with Crippen molar-refractivity contribution in [3.05, 3.63) is 51.5 Å². The molecule has 5 N–H and O–H groups in total. The molecule has 0 unspecified atom stereocenters. The summed E-state index contributed by atoms with van der Waals surface area (Å²) in [7, 11) is 0. The lowest BCUT2D eigenvalue weighted by Gasteiger charge is -2.15. The summed E-state index contributed by atoms with van der Waals surface area (Å²) in [6.45, 7) is 4.00. The Balaban J connectivity index is 2.48. The molecule has 0 saturated heterocycles. The molecule has 20 heavy (non-hydrogen) atoms. The van der Waals surface area contributed by atoms with Crippen molar-refractivity contribution in [2.75, 3.05) is 11.1 Å². The van der Waals surface area contributed by atoms with Gasteiger partial charge in [-0.05, 0) is 55.3 Å². The van der Waals surface area contributed by atoms with Gasteiger partial charge in [0, 0.05) is 15.8 Å². The number of carbonyl (C=O) groups is 1. The molecule has 0 fully saturated rings. The van der Waals surface area contributed by atoms with Crippen LogP contribution in [0.15, 0.2) is 34.8 Å². The number of hydrogen-bond acceptors (Lipinski definition) is 3. The molecule has 0 bridgehead atoms. The lowest BCUT2D eigenvalue weighted by molar-refractivity contribution is 0.100. The van der Waals surface area contributed by atoms with Gasteiger partial charge in [-0.1, -0.05) is 15.9 Å². The van der Waals surface area contributed by atoms with E-state index in [4.69, 9.17) is 11.5 Å². The van der Waals surface area contributed by atoms with Gasteiger partial charge in [-0.2, -0.15) is 0 Å². The van der Waals surface area contributed by atoms with E-state index in [9.17, 15) is 4.79 Å². The zero-order chi connectivity index (χ0) is 14.9. The summed E-state index contributed by atoms with van der Waals surface area (Å²) in [6.07, 6.45) is 0. The number of benzene rings is 2. The van der Waals surface area contributed by atoms with E-state index in [-0.39, 0.29) is 0 Å². The number of anilines is 3. The third kappa shape index (κ3) is 2.93. The van der Waals surface area contributed by atoms with Crippen LogP contribution in [0.4, 0.5) is 17.1 Å². The smallest absolute Gasteiger partial charge is 0.250 e. The van der Waals surface area contributed by atoms with Crippen molar-refractivity contribution >= 4 is 38.9 Å². The molecular formula is C15H16BrN3O. The zero-order valence-electron chi connectivity index (χ0n) is 11.3. The van der Waals surface area contributed by atoms with Crippen LogP contribution in [0.3, 0.4) is 0 Å². The number of amides is 1. The van der Waals surface area contributed by atoms with Gasteiger partial charge in [0.1, 0.15) is 0 Å². The first-order valence-electron chi connectivity index (χ1n) is 6.11. The van der Waals surface area contributed by atoms with Crippen molar-refractivity contribution < 1.29 is 4.79 Å². The second kappa shape index (κ2) is 5.54. The number of nitrogens with one attached hydrogen (secondary N) is 1. The molecule has 0 radical (unpaired) electrons. The van der Waals surface area contributed by atoms with Crippen LogP contribution < -0.4 is 16.8 Å². The van der Waals surface area contributed by atoms with E-state index in [2.05, 4.69) is 21.2 Å². The third-order valence-corrected chi connectivity index (χ3v) is 3.52. The standard InChI is InChI=1S/C15H16BrN3O/c1-8-5-10(16)6-9(2)14(8)19-13-4-3-11(17)7-12(13)15(18)20/h3-7,19H,17H2,1-2H3,(H2,18,20). The van der Waals surface area contributed by atoms with Gasteiger partial charge in [0.2, 0.25) is 0 Å². The van der Waals surface area contributed by atoms with Gasteiger partial charge in [0.05, 0.1) is 11.3 Å². The molecule has 0 atom stereocenters. The molecule has 2 aromatic carbocycles. The third-order valence-electron chi connectivity index (χ3n) is 3.07. The number of rotatable bonds is 3. The van der Waals surface area contributed by atoms with Crippen LogP contribution in [0.2, 0.25) is 0 Å². The fraction of sp³-hybridized carbons (Fsp3) is 0.133. The highest BCUT2D eigenvalue weighted by atomic mass is 79.9. The topological polar surface area (TPSA) is 81.1 Å². The number of primary amides is 1. The number of nitrogens with two attached hydrogens (primary N) is 2. The van der Waals surface area contributed by atoms with Crippen molar-refractivity contribution in [1.29, 1.82) is 0 Å². The van der Waals surface area contributed by atoms with Crippen molar-refractivity contribution in [1.82, 2.24) is 0 Å². The monoisotopic (exact) mass is 333 g/mol. The fourth-order valence-corrected chi connectivity index (χ4v) is 2.80. The number of aryl methyl sites for hydroxylation is 2. The summed E-state index contributed by atoms with van der Waals surface area (Å²) in [6, 6.07) is 9.09. The van der Waals surface area contributed by atoms with Crippen molar-refractivity contribution in [2.45, 2.75) is 13.8 Å². The second-order valence-corrected chi connectivity index (χ2v) is 5.62. The highest BCUT2D eigenvalue weighted by Gasteiger charge is 2.11. The molecule has 0 heterocycles. The molecule has 0 saturated carbocycles. The Morgan fingerprint density at radius 3 is 2.30 bits per heavy atom. The van der Waals surface area contributed by atoms with E-state index in [1.165, 1.54) is 0 Å². The summed E-state index contributed by atoms with van der Waals surface area (Å²) in [4.78, 5) is 11.5. The number of carbonyl (C=O) groups excluding carboxylic acids is 1. The van der Waals surface area contributed by atoms with Crippen molar-refractivity contribution in [2.24, 2.45) is 5.73 Å². The van der Waals surface area contributed by atoms with Crippen LogP contribution >= 0.6 is 15.9 Å². The normalized spacial score (nSPS) is 10.3. The molecule has 2 rings (SSSR count). The largest absolute Gasteiger partial charge is 0.399 e. The molecule has 1 amide bonds. The van der Waals surface area contributed by atoms with E-state index in [0.717, 1.165) is 21.3 Å². The summed E-state index contributed by atoms with van der Waals surface area (Å²) in [5, 5.41) is 3.27. The van der Waals surface area contributed by atoms with E-state index >= 15 is 0 Å². The molecular weight excluding hydrogens is 318 g/mol. The molecule has 2 aromatic rings. The molecule has 0 aliphatic rings. The maximum Gasteiger partial charge on any atom is 0.250 e. The van der Waals surface area contributed by atoms with Gasteiger partial charge in [-0.3, -0.25) is 4.79 Å². The maximum absolute atomic E-state index is 11.5. The molecule has 0 aromatic heterocycles. The highest BCUT2D eigenvalue weighted by molar-refractivity contribution is 9.10. The number of nitrogen functional groups attached to an aromatic ring is 1. The predicted octanol–water partition coefficient (Wildman–Crippen LogP) is 3.49. The lowest BCUT2D eigenvalue weighted by atomic mass is 10.1. The van der Waals surface area contributed by atoms with Crippen LogP contribution in [-0.4, -0.2) is 5.91 Å². The SMILES string of the molecule is Cc1cc(Br)cc(C)c1Nc1ccc(N)cc1C(N)=O. The molecule has 0 spiro atoms. The van der Waals surface area contributed by atoms with E-state index in [1.807, 2.05) is 26.0 Å². The molecule has 5 heteroatoms. The first kappa shape index (κ1) is 14.4. The van der Waals surface area contributed by atoms with Gasteiger partial charge in [0.15, 0.2) is 0 Å². The van der Waals surface area contributed by atoms with Crippen molar-refractivity contribution in [3.8, 4) is 0 Å². The zero-order valence-corrected chi connectivity index (χ0v) is 12.9. The van der Waals surface area contributed by atoms with Crippen LogP contribution in [-0.2, 0) is 0 Å². The van der Waals surface area contributed by atoms with E-state index < -0.39 is 5.91 Å². The lowest BCUT2D eigenvalue weighted by Crippen LogP contribution is -2.14. The van der Waals surface area contributed by atoms with Gasteiger partial charge >= 0.3 is 0 Å². The minimum absolute atomic E-state index is 0.381. The van der Waals surface area contributed by atoms with E-state index in [0.29, 0.717) is 16.9 Å². The average Bonchev–Trinajstić information content (AvgIpc) is 2.34. The molecule has 104 valence electrons. The Morgan fingerprint density at radius 2 is 1.75 bits per heavy atom. The summed E-state index contributed by atoms with van der Waals surface area (Å²) >= 11 is 3.46. The Morgan fingerprint density at radius 1 is 1.15 bits per heavy atom. The number of halogens is 1. The minimum Gasteiger partial charge on any atom is -0.399 e. The summed E-state index contributed by atoms with van der Waals surface area (Å²) < 4.78 is 1.02. The van der Waals surface area contributed by atoms with Gasteiger partial charge in [0.25, 0.3) is 5.91 Å². The predicted molar refractivity (Wildman–Crippen MR) is 86.3 cm³/mol. The van der Waals surface area contributed by atoms with Gasteiger partial charge < -0.3 is 16.8 Å². The van der Waals surface area contributed by atoms with Crippen LogP contribution in [0.25, 0.3) is 0 Å². The minimum atomic E-state index is -0.507. The average molecular weight is 334 g/mol. The fourth-order valence-electron chi connectivity index (χ4n) is 2.12. The van der Waals surface area contributed by atoms with Gasteiger partial charge in [-0.25, -0.2) is 0 Å². The Bertz CT molecular complexity index is 660. The second-order valence-electron chi connectivity index (χ2n) is 4.71.